The van der Waals surface area contributed by atoms with Gasteiger partial charge in [0.1, 0.15) is 6.04 Å². The molecule has 0 bridgehead atoms. The number of aliphatic hydroxyl groups is 1. The van der Waals surface area contributed by atoms with Crippen molar-refractivity contribution in [2.75, 3.05) is 43.1 Å². The predicted octanol–water partition coefficient (Wildman–Crippen LogP) is 2.77. The van der Waals surface area contributed by atoms with E-state index in [0.717, 1.165) is 29.9 Å². The second-order valence-electron chi connectivity index (χ2n) is 8.13. The van der Waals surface area contributed by atoms with Crippen LogP contribution in [0.5, 0.6) is 0 Å². The maximum atomic E-state index is 13.3. The quantitative estimate of drug-likeness (QED) is 0.482. The van der Waals surface area contributed by atoms with Crippen LogP contribution in [0.3, 0.4) is 0 Å². The second-order valence-corrected chi connectivity index (χ2v) is 8.13. The summed E-state index contributed by atoms with van der Waals surface area (Å²) in [5.74, 6) is -1.43. The Kier molecular flexibility index (Phi) is 7.91. The van der Waals surface area contributed by atoms with E-state index in [2.05, 4.69) is 15.5 Å². The molecule has 4 rings (SSSR count). The van der Waals surface area contributed by atoms with Gasteiger partial charge in [0.25, 0.3) is 0 Å². The number of hydrogen-bond donors (Lipinski definition) is 3. The lowest BCUT2D eigenvalue weighted by Crippen LogP contribution is -2.47. The minimum atomic E-state index is -1.08. The normalized spacial score (nSPS) is 14.5. The summed E-state index contributed by atoms with van der Waals surface area (Å²) >= 11 is 0. The molecule has 3 N–H and O–H groups in total. The maximum absolute atomic E-state index is 13.3. The Bertz CT molecular complexity index is 1030. The summed E-state index contributed by atoms with van der Waals surface area (Å²) in [4.78, 5) is 28.3. The van der Waals surface area contributed by atoms with Crippen molar-refractivity contribution in [2.24, 2.45) is 0 Å². The van der Waals surface area contributed by atoms with E-state index in [9.17, 15) is 14.7 Å². The van der Waals surface area contributed by atoms with Crippen molar-refractivity contribution in [1.82, 2.24) is 5.32 Å². The van der Waals surface area contributed by atoms with Gasteiger partial charge in [0.2, 0.25) is 11.8 Å². The standard InChI is InChI=1S/C27H29N3O4/c31-19-24(26(32)28-22-11-13-23(14-12-22)30-15-17-34-18-16-30)29-27(33)25(20-7-3-1-4-8-20)21-9-5-2-6-10-21/h1-14,24-25,31H,15-19H2,(H,28,32)(H,29,33)/t24-/m0/s1. The van der Waals surface area contributed by atoms with E-state index < -0.39 is 24.5 Å². The molecule has 7 heteroatoms. The highest BCUT2D eigenvalue weighted by Crippen LogP contribution is 2.25. The van der Waals surface area contributed by atoms with Gasteiger partial charge in [-0.05, 0) is 35.4 Å². The highest BCUT2D eigenvalue weighted by molar-refractivity contribution is 5.98. The second kappa shape index (κ2) is 11.4. The third-order valence-electron chi connectivity index (χ3n) is 5.85. The average Bonchev–Trinajstić information content (AvgIpc) is 2.89. The Morgan fingerprint density at radius 1 is 0.824 bits per heavy atom. The maximum Gasteiger partial charge on any atom is 0.249 e. The number of anilines is 2. The summed E-state index contributed by atoms with van der Waals surface area (Å²) in [6.45, 7) is 2.54. The lowest BCUT2D eigenvalue weighted by atomic mass is 9.90. The number of nitrogens with one attached hydrogen (secondary N) is 2. The number of carbonyl (C=O) groups is 2. The molecule has 0 radical (unpaired) electrons. The number of amides is 2. The van der Waals surface area contributed by atoms with Gasteiger partial charge in [-0.3, -0.25) is 9.59 Å². The van der Waals surface area contributed by atoms with Crippen LogP contribution in [-0.2, 0) is 14.3 Å². The average molecular weight is 460 g/mol. The Morgan fingerprint density at radius 3 is 1.91 bits per heavy atom. The molecule has 0 unspecified atom stereocenters. The Hall–Kier alpha value is -3.68. The van der Waals surface area contributed by atoms with Crippen LogP contribution in [0.15, 0.2) is 84.9 Å². The minimum Gasteiger partial charge on any atom is -0.394 e. The fourth-order valence-corrected chi connectivity index (χ4v) is 4.04. The number of hydrogen-bond acceptors (Lipinski definition) is 5. The molecule has 0 aromatic heterocycles. The van der Waals surface area contributed by atoms with Crippen LogP contribution in [-0.4, -0.2) is 55.9 Å². The van der Waals surface area contributed by atoms with Gasteiger partial charge in [-0.15, -0.1) is 0 Å². The van der Waals surface area contributed by atoms with Crippen molar-refractivity contribution < 1.29 is 19.4 Å². The number of rotatable bonds is 8. The first kappa shape index (κ1) is 23.5. The molecule has 1 aliphatic rings. The van der Waals surface area contributed by atoms with Crippen molar-refractivity contribution in [3.05, 3.63) is 96.1 Å². The van der Waals surface area contributed by atoms with Crippen molar-refractivity contribution in [3.63, 3.8) is 0 Å². The highest BCUT2D eigenvalue weighted by atomic mass is 16.5. The van der Waals surface area contributed by atoms with Gasteiger partial charge in [0.15, 0.2) is 0 Å². The molecule has 7 nitrogen and oxygen atoms in total. The molecule has 1 fully saturated rings. The molecule has 1 saturated heterocycles. The largest absolute Gasteiger partial charge is 0.394 e. The fourth-order valence-electron chi connectivity index (χ4n) is 4.04. The van der Waals surface area contributed by atoms with E-state index in [1.54, 1.807) is 0 Å². The zero-order valence-electron chi connectivity index (χ0n) is 18.9. The molecule has 2 amide bonds. The van der Waals surface area contributed by atoms with Crippen LogP contribution < -0.4 is 15.5 Å². The number of aliphatic hydroxyl groups excluding tert-OH is 1. The van der Waals surface area contributed by atoms with E-state index in [1.165, 1.54) is 0 Å². The van der Waals surface area contributed by atoms with Gasteiger partial charge in [0.05, 0.1) is 25.7 Å². The molecule has 0 aliphatic carbocycles. The van der Waals surface area contributed by atoms with Crippen LogP contribution in [0.4, 0.5) is 11.4 Å². The van der Waals surface area contributed by atoms with E-state index in [4.69, 9.17) is 4.74 Å². The molecule has 3 aromatic carbocycles. The van der Waals surface area contributed by atoms with Crippen LogP contribution in [0, 0.1) is 0 Å². The molecule has 0 spiro atoms. The lowest BCUT2D eigenvalue weighted by molar-refractivity contribution is -0.127. The SMILES string of the molecule is O=C(N[C@@H](CO)C(=O)Nc1ccc(N2CCOCC2)cc1)C(c1ccccc1)c1ccccc1. The zero-order valence-corrected chi connectivity index (χ0v) is 18.9. The van der Waals surface area contributed by atoms with Crippen LogP contribution in [0.1, 0.15) is 17.0 Å². The number of benzene rings is 3. The minimum absolute atomic E-state index is 0.353. The van der Waals surface area contributed by atoms with Gasteiger partial charge in [-0.2, -0.15) is 0 Å². The van der Waals surface area contributed by atoms with Crippen molar-refractivity contribution in [2.45, 2.75) is 12.0 Å². The van der Waals surface area contributed by atoms with Crippen LogP contribution in [0.2, 0.25) is 0 Å². The highest BCUT2D eigenvalue weighted by Gasteiger charge is 2.27. The van der Waals surface area contributed by atoms with E-state index >= 15 is 0 Å². The monoisotopic (exact) mass is 459 g/mol. The number of ether oxygens (including phenoxy) is 1. The molecular formula is C27H29N3O4. The smallest absolute Gasteiger partial charge is 0.249 e. The molecule has 1 heterocycles. The van der Waals surface area contributed by atoms with Crippen molar-refractivity contribution in [1.29, 1.82) is 0 Å². The first-order chi connectivity index (χ1) is 16.7. The van der Waals surface area contributed by atoms with Gasteiger partial charge >= 0.3 is 0 Å². The van der Waals surface area contributed by atoms with Crippen LogP contribution >= 0.6 is 0 Å². The summed E-state index contributed by atoms with van der Waals surface area (Å²) in [7, 11) is 0. The molecule has 0 saturated carbocycles. The summed E-state index contributed by atoms with van der Waals surface area (Å²) in [5, 5.41) is 15.4. The van der Waals surface area contributed by atoms with Gasteiger partial charge < -0.3 is 25.4 Å². The molecule has 176 valence electrons. The first-order valence-corrected chi connectivity index (χ1v) is 11.4. The van der Waals surface area contributed by atoms with Crippen molar-refractivity contribution in [3.8, 4) is 0 Å². The number of carbonyl (C=O) groups excluding carboxylic acids is 2. The van der Waals surface area contributed by atoms with Crippen LogP contribution in [0.25, 0.3) is 0 Å². The van der Waals surface area contributed by atoms with E-state index in [-0.39, 0.29) is 5.91 Å². The fraction of sp³-hybridized carbons (Fsp3) is 0.259. The first-order valence-electron chi connectivity index (χ1n) is 11.4. The Balaban J connectivity index is 1.44. The van der Waals surface area contributed by atoms with Crippen molar-refractivity contribution >= 4 is 23.2 Å². The predicted molar refractivity (Wildman–Crippen MR) is 132 cm³/mol. The third kappa shape index (κ3) is 5.81. The van der Waals surface area contributed by atoms with E-state index in [1.807, 2.05) is 84.9 Å². The molecule has 3 aromatic rings. The summed E-state index contributed by atoms with van der Waals surface area (Å²) in [6.07, 6.45) is 0. The molecular weight excluding hydrogens is 430 g/mol. The lowest BCUT2D eigenvalue weighted by Gasteiger charge is -2.29. The van der Waals surface area contributed by atoms with E-state index in [0.29, 0.717) is 18.9 Å². The summed E-state index contributed by atoms with van der Waals surface area (Å²) in [6, 6.07) is 25.2. The molecule has 1 aliphatic heterocycles. The summed E-state index contributed by atoms with van der Waals surface area (Å²) in [5.41, 5.74) is 3.27. The molecule has 1 atom stereocenters. The number of morpholine rings is 1. The van der Waals surface area contributed by atoms with Gasteiger partial charge in [-0.1, -0.05) is 60.7 Å². The summed E-state index contributed by atoms with van der Waals surface area (Å²) < 4.78 is 5.38. The Morgan fingerprint density at radius 2 is 1.38 bits per heavy atom. The third-order valence-corrected chi connectivity index (χ3v) is 5.85. The Labute approximate surface area is 199 Å². The topological polar surface area (TPSA) is 90.9 Å². The number of nitrogens with zero attached hydrogens (tertiary/aromatic N) is 1. The zero-order chi connectivity index (χ0) is 23.8. The van der Waals surface area contributed by atoms with Gasteiger partial charge in [0, 0.05) is 24.5 Å². The molecule has 34 heavy (non-hydrogen) atoms. The van der Waals surface area contributed by atoms with Gasteiger partial charge in [-0.25, -0.2) is 0 Å².